The highest BCUT2D eigenvalue weighted by Crippen LogP contribution is 2.36. The summed E-state index contributed by atoms with van der Waals surface area (Å²) in [5.74, 6) is 1.17. The summed E-state index contributed by atoms with van der Waals surface area (Å²) >= 11 is 0. The monoisotopic (exact) mass is 171 g/mol. The smallest absolute Gasteiger partial charge is 0.0792 e. The standard InChI is InChI=1S/C10H21NO/c1-8(2)10(12,7-11)6-5-9-3-4-9/h8-9,12H,3-7,11H2,1-2H3. The minimum absolute atomic E-state index is 0.279. The molecule has 0 bridgehead atoms. The SMILES string of the molecule is CC(C)C(O)(CN)CCC1CC1. The van der Waals surface area contributed by atoms with E-state index >= 15 is 0 Å². The van der Waals surface area contributed by atoms with E-state index in [9.17, 15) is 5.11 Å². The first-order chi connectivity index (χ1) is 5.58. The normalized spacial score (nSPS) is 22.8. The van der Waals surface area contributed by atoms with E-state index in [0.29, 0.717) is 6.54 Å². The molecule has 1 rings (SSSR count). The van der Waals surface area contributed by atoms with Crippen LogP contribution in [0.1, 0.15) is 39.5 Å². The highest BCUT2D eigenvalue weighted by molar-refractivity contribution is 4.85. The minimum atomic E-state index is -0.609. The van der Waals surface area contributed by atoms with Gasteiger partial charge < -0.3 is 10.8 Å². The van der Waals surface area contributed by atoms with E-state index in [1.807, 2.05) is 13.8 Å². The van der Waals surface area contributed by atoms with Crippen molar-refractivity contribution >= 4 is 0 Å². The molecule has 0 radical (unpaired) electrons. The van der Waals surface area contributed by atoms with Crippen LogP contribution in [-0.4, -0.2) is 17.3 Å². The van der Waals surface area contributed by atoms with Gasteiger partial charge in [0.05, 0.1) is 5.60 Å². The predicted molar refractivity (Wildman–Crippen MR) is 50.8 cm³/mol. The fourth-order valence-corrected chi connectivity index (χ4v) is 1.49. The van der Waals surface area contributed by atoms with Crippen molar-refractivity contribution in [3.63, 3.8) is 0 Å². The Morgan fingerprint density at radius 2 is 2.08 bits per heavy atom. The number of hydrogen-bond acceptors (Lipinski definition) is 2. The van der Waals surface area contributed by atoms with Gasteiger partial charge in [-0.15, -0.1) is 0 Å². The minimum Gasteiger partial charge on any atom is -0.388 e. The summed E-state index contributed by atoms with van der Waals surface area (Å²) in [6, 6.07) is 0. The van der Waals surface area contributed by atoms with Gasteiger partial charge in [-0.3, -0.25) is 0 Å². The third-order valence-corrected chi connectivity index (χ3v) is 3.11. The Balaban J connectivity index is 2.30. The lowest BCUT2D eigenvalue weighted by Crippen LogP contribution is -2.42. The highest BCUT2D eigenvalue weighted by atomic mass is 16.3. The van der Waals surface area contributed by atoms with Crippen molar-refractivity contribution in [1.29, 1.82) is 0 Å². The van der Waals surface area contributed by atoms with Gasteiger partial charge in [-0.05, 0) is 24.7 Å². The van der Waals surface area contributed by atoms with Crippen molar-refractivity contribution in [2.75, 3.05) is 6.54 Å². The zero-order valence-electron chi connectivity index (χ0n) is 8.21. The second kappa shape index (κ2) is 3.75. The van der Waals surface area contributed by atoms with Crippen LogP contribution >= 0.6 is 0 Å². The molecule has 0 aromatic carbocycles. The molecule has 0 amide bonds. The number of aliphatic hydroxyl groups is 1. The summed E-state index contributed by atoms with van der Waals surface area (Å²) in [5.41, 5.74) is 4.96. The molecule has 12 heavy (non-hydrogen) atoms. The highest BCUT2D eigenvalue weighted by Gasteiger charge is 2.32. The first-order valence-corrected chi connectivity index (χ1v) is 5.01. The first kappa shape index (κ1) is 10.0. The molecule has 72 valence electrons. The molecule has 1 atom stereocenters. The van der Waals surface area contributed by atoms with Crippen LogP contribution in [0, 0.1) is 11.8 Å². The van der Waals surface area contributed by atoms with Gasteiger partial charge in [0, 0.05) is 6.54 Å². The Kier molecular flexibility index (Phi) is 3.13. The molecule has 1 saturated carbocycles. The number of hydrogen-bond donors (Lipinski definition) is 2. The van der Waals surface area contributed by atoms with Crippen LogP contribution in [0.2, 0.25) is 0 Å². The maximum atomic E-state index is 10.0. The molecule has 0 aromatic heterocycles. The van der Waals surface area contributed by atoms with Crippen LogP contribution in [0.3, 0.4) is 0 Å². The summed E-state index contributed by atoms with van der Waals surface area (Å²) in [7, 11) is 0. The van der Waals surface area contributed by atoms with Crippen LogP contribution in [0.4, 0.5) is 0 Å². The van der Waals surface area contributed by atoms with Crippen molar-refractivity contribution in [2.24, 2.45) is 17.6 Å². The van der Waals surface area contributed by atoms with Gasteiger partial charge in [0.2, 0.25) is 0 Å². The molecular weight excluding hydrogens is 150 g/mol. The lowest BCUT2D eigenvalue weighted by Gasteiger charge is -2.30. The largest absolute Gasteiger partial charge is 0.388 e. The zero-order chi connectivity index (χ0) is 9.19. The van der Waals surface area contributed by atoms with Crippen LogP contribution in [0.5, 0.6) is 0 Å². The second-order valence-electron chi connectivity index (χ2n) is 4.44. The average molecular weight is 171 g/mol. The molecule has 1 unspecified atom stereocenters. The molecule has 1 aliphatic carbocycles. The molecule has 0 aliphatic heterocycles. The van der Waals surface area contributed by atoms with Gasteiger partial charge in [-0.1, -0.05) is 26.7 Å². The van der Waals surface area contributed by atoms with Crippen molar-refractivity contribution in [3.8, 4) is 0 Å². The van der Waals surface area contributed by atoms with Crippen LogP contribution in [0.15, 0.2) is 0 Å². The summed E-state index contributed by atoms with van der Waals surface area (Å²) in [4.78, 5) is 0. The third-order valence-electron chi connectivity index (χ3n) is 3.11. The summed E-state index contributed by atoms with van der Waals surface area (Å²) in [6.45, 7) is 4.48. The molecule has 0 spiro atoms. The molecular formula is C10H21NO. The van der Waals surface area contributed by atoms with Gasteiger partial charge in [0.25, 0.3) is 0 Å². The van der Waals surface area contributed by atoms with Gasteiger partial charge in [-0.25, -0.2) is 0 Å². The van der Waals surface area contributed by atoms with E-state index in [0.717, 1.165) is 18.8 Å². The van der Waals surface area contributed by atoms with Gasteiger partial charge >= 0.3 is 0 Å². The van der Waals surface area contributed by atoms with E-state index in [2.05, 4.69) is 0 Å². The van der Waals surface area contributed by atoms with Gasteiger partial charge in [-0.2, -0.15) is 0 Å². The van der Waals surface area contributed by atoms with Crippen molar-refractivity contribution in [2.45, 2.75) is 45.1 Å². The third kappa shape index (κ3) is 2.46. The van der Waals surface area contributed by atoms with E-state index in [-0.39, 0.29) is 5.92 Å². The van der Waals surface area contributed by atoms with Crippen molar-refractivity contribution in [3.05, 3.63) is 0 Å². The lowest BCUT2D eigenvalue weighted by molar-refractivity contribution is -0.00718. The molecule has 2 heteroatoms. The molecule has 0 saturated heterocycles. The van der Waals surface area contributed by atoms with Crippen molar-refractivity contribution < 1.29 is 5.11 Å². The number of rotatable bonds is 5. The quantitative estimate of drug-likeness (QED) is 0.659. The fourth-order valence-electron chi connectivity index (χ4n) is 1.49. The van der Waals surface area contributed by atoms with E-state index < -0.39 is 5.60 Å². The van der Waals surface area contributed by atoms with E-state index in [1.165, 1.54) is 12.8 Å². The van der Waals surface area contributed by atoms with Gasteiger partial charge in [0.1, 0.15) is 0 Å². The summed E-state index contributed by atoms with van der Waals surface area (Å²) < 4.78 is 0. The predicted octanol–water partition coefficient (Wildman–Crippen LogP) is 1.52. The molecule has 1 fully saturated rings. The summed E-state index contributed by atoms with van der Waals surface area (Å²) in [5, 5.41) is 10.0. The van der Waals surface area contributed by atoms with E-state index in [4.69, 9.17) is 5.73 Å². The fraction of sp³-hybridized carbons (Fsp3) is 1.00. The Morgan fingerprint density at radius 1 is 1.50 bits per heavy atom. The maximum absolute atomic E-state index is 10.0. The Morgan fingerprint density at radius 3 is 2.42 bits per heavy atom. The molecule has 0 heterocycles. The lowest BCUT2D eigenvalue weighted by atomic mass is 9.85. The van der Waals surface area contributed by atoms with Crippen LogP contribution in [-0.2, 0) is 0 Å². The van der Waals surface area contributed by atoms with Crippen molar-refractivity contribution in [1.82, 2.24) is 0 Å². The van der Waals surface area contributed by atoms with Crippen LogP contribution in [0.25, 0.3) is 0 Å². The topological polar surface area (TPSA) is 46.2 Å². The molecule has 0 aromatic rings. The molecule has 2 nitrogen and oxygen atoms in total. The van der Waals surface area contributed by atoms with Gasteiger partial charge in [0.15, 0.2) is 0 Å². The Bertz CT molecular complexity index is 143. The molecule has 3 N–H and O–H groups in total. The van der Waals surface area contributed by atoms with Crippen LogP contribution < -0.4 is 5.73 Å². The Hall–Kier alpha value is -0.0800. The van der Waals surface area contributed by atoms with E-state index in [1.54, 1.807) is 0 Å². The first-order valence-electron chi connectivity index (χ1n) is 5.01. The second-order valence-corrected chi connectivity index (χ2v) is 4.44. The maximum Gasteiger partial charge on any atom is 0.0792 e. The average Bonchev–Trinajstić information content (AvgIpc) is 2.83. The Labute approximate surface area is 75.2 Å². The number of nitrogens with two attached hydrogens (primary N) is 1. The summed E-state index contributed by atoms with van der Waals surface area (Å²) in [6.07, 6.45) is 4.76. The molecule has 1 aliphatic rings. The zero-order valence-corrected chi connectivity index (χ0v) is 8.21.